The van der Waals surface area contributed by atoms with Crippen LogP contribution >= 0.6 is 27.5 Å². The van der Waals surface area contributed by atoms with Crippen molar-refractivity contribution in [3.8, 4) is 17.1 Å². The van der Waals surface area contributed by atoms with E-state index in [9.17, 15) is 0 Å². The van der Waals surface area contributed by atoms with Gasteiger partial charge in [0.05, 0.1) is 16.4 Å². The molecular formula is C13H9BrClN5. The molecule has 2 N–H and O–H groups in total. The van der Waals surface area contributed by atoms with Crippen molar-refractivity contribution in [2.75, 3.05) is 5.73 Å². The number of nitrogen functional groups attached to an aromatic ring is 1. The number of rotatable bonds is 2. The fourth-order valence-corrected chi connectivity index (χ4v) is 2.46. The first-order valence-electron chi connectivity index (χ1n) is 5.75. The molecule has 0 saturated carbocycles. The van der Waals surface area contributed by atoms with Crippen molar-refractivity contribution in [3.05, 3.63) is 52.0 Å². The van der Waals surface area contributed by atoms with Crippen LogP contribution in [0.1, 0.15) is 0 Å². The lowest BCUT2D eigenvalue weighted by molar-refractivity contribution is 0.791. The Morgan fingerprint density at radius 1 is 1.15 bits per heavy atom. The molecule has 100 valence electrons. The van der Waals surface area contributed by atoms with Crippen LogP contribution in [-0.4, -0.2) is 20.2 Å². The van der Waals surface area contributed by atoms with Gasteiger partial charge >= 0.3 is 0 Å². The molecular weight excluding hydrogens is 342 g/mol. The predicted molar refractivity (Wildman–Crippen MR) is 81.7 cm³/mol. The molecule has 0 radical (unpaired) electrons. The van der Waals surface area contributed by atoms with E-state index in [0.717, 1.165) is 10.2 Å². The zero-order chi connectivity index (χ0) is 14.1. The fourth-order valence-electron chi connectivity index (χ4n) is 1.86. The van der Waals surface area contributed by atoms with E-state index >= 15 is 0 Å². The van der Waals surface area contributed by atoms with Crippen LogP contribution in [0, 0.1) is 0 Å². The van der Waals surface area contributed by atoms with Gasteiger partial charge in [-0.25, -0.2) is 0 Å². The summed E-state index contributed by atoms with van der Waals surface area (Å²) in [7, 11) is 0. The highest BCUT2D eigenvalue weighted by Gasteiger charge is 2.15. The summed E-state index contributed by atoms with van der Waals surface area (Å²) in [4.78, 5) is 0. The normalized spacial score (nSPS) is 10.7. The second-order valence-corrected chi connectivity index (χ2v) is 5.40. The molecule has 20 heavy (non-hydrogen) atoms. The molecule has 3 aromatic rings. The molecule has 0 bridgehead atoms. The maximum Gasteiger partial charge on any atom is 0.188 e. The van der Waals surface area contributed by atoms with Gasteiger partial charge in [0, 0.05) is 10.0 Å². The highest BCUT2D eigenvalue weighted by atomic mass is 79.9. The third kappa shape index (κ3) is 2.28. The monoisotopic (exact) mass is 349 g/mol. The predicted octanol–water partition coefficient (Wildman–Crippen LogP) is 3.33. The summed E-state index contributed by atoms with van der Waals surface area (Å²) >= 11 is 9.66. The first kappa shape index (κ1) is 13.1. The molecule has 0 atom stereocenters. The number of hydrogen-bond donors (Lipinski definition) is 1. The van der Waals surface area contributed by atoms with Crippen LogP contribution in [0.4, 0.5) is 5.69 Å². The van der Waals surface area contributed by atoms with Gasteiger partial charge in [-0.3, -0.25) is 0 Å². The molecule has 0 aliphatic heterocycles. The van der Waals surface area contributed by atoms with Gasteiger partial charge in [-0.1, -0.05) is 39.7 Å². The van der Waals surface area contributed by atoms with Crippen LogP contribution in [0.5, 0.6) is 0 Å². The van der Waals surface area contributed by atoms with Crippen molar-refractivity contribution >= 4 is 33.2 Å². The standard InChI is InChI=1S/C13H9BrClN5/c14-8-3-1-4-9(7-8)20-13(17-18-19-20)10-5-2-6-11(16)12(10)15/h1-7H,16H2. The van der Waals surface area contributed by atoms with E-state index in [1.165, 1.54) is 0 Å². The Labute approximate surface area is 128 Å². The van der Waals surface area contributed by atoms with Gasteiger partial charge in [0.1, 0.15) is 0 Å². The summed E-state index contributed by atoms with van der Waals surface area (Å²) < 4.78 is 2.56. The molecule has 0 fully saturated rings. The Hall–Kier alpha value is -1.92. The Morgan fingerprint density at radius 2 is 1.95 bits per heavy atom. The average molecular weight is 351 g/mol. The minimum Gasteiger partial charge on any atom is -0.398 e. The number of halogens is 2. The van der Waals surface area contributed by atoms with Crippen molar-refractivity contribution in [3.63, 3.8) is 0 Å². The van der Waals surface area contributed by atoms with Crippen LogP contribution in [0.2, 0.25) is 5.02 Å². The molecule has 0 amide bonds. The molecule has 7 heteroatoms. The number of anilines is 1. The molecule has 0 saturated heterocycles. The maximum atomic E-state index is 6.23. The molecule has 0 unspecified atom stereocenters. The summed E-state index contributed by atoms with van der Waals surface area (Å²) in [5, 5.41) is 12.2. The van der Waals surface area contributed by atoms with Crippen molar-refractivity contribution in [1.29, 1.82) is 0 Å². The van der Waals surface area contributed by atoms with Gasteiger partial charge < -0.3 is 5.73 Å². The number of nitrogens with two attached hydrogens (primary N) is 1. The second kappa shape index (κ2) is 5.22. The van der Waals surface area contributed by atoms with E-state index < -0.39 is 0 Å². The molecule has 2 aromatic carbocycles. The highest BCUT2D eigenvalue weighted by Crippen LogP contribution is 2.31. The van der Waals surface area contributed by atoms with E-state index in [4.69, 9.17) is 17.3 Å². The number of tetrazole rings is 1. The van der Waals surface area contributed by atoms with Crippen molar-refractivity contribution in [2.24, 2.45) is 0 Å². The Kier molecular flexibility index (Phi) is 3.42. The second-order valence-electron chi connectivity index (χ2n) is 4.10. The minimum atomic E-state index is 0.443. The molecule has 0 spiro atoms. The summed E-state index contributed by atoms with van der Waals surface area (Å²) in [5.41, 5.74) is 7.84. The van der Waals surface area contributed by atoms with Gasteiger partial charge in [0.15, 0.2) is 5.82 Å². The van der Waals surface area contributed by atoms with Crippen molar-refractivity contribution < 1.29 is 0 Å². The molecule has 0 aliphatic carbocycles. The Balaban J connectivity index is 2.18. The van der Waals surface area contributed by atoms with E-state index in [2.05, 4.69) is 31.5 Å². The lowest BCUT2D eigenvalue weighted by Crippen LogP contribution is -2.00. The maximum absolute atomic E-state index is 6.23. The Morgan fingerprint density at radius 3 is 2.75 bits per heavy atom. The van der Waals surface area contributed by atoms with Crippen LogP contribution in [-0.2, 0) is 0 Å². The van der Waals surface area contributed by atoms with E-state index in [1.807, 2.05) is 36.4 Å². The highest BCUT2D eigenvalue weighted by molar-refractivity contribution is 9.10. The third-order valence-corrected chi connectivity index (χ3v) is 3.71. The third-order valence-electron chi connectivity index (χ3n) is 2.79. The summed E-state index contributed by atoms with van der Waals surface area (Å²) in [6.45, 7) is 0. The van der Waals surface area contributed by atoms with Crippen LogP contribution in [0.25, 0.3) is 17.1 Å². The number of hydrogen-bond acceptors (Lipinski definition) is 4. The largest absolute Gasteiger partial charge is 0.398 e. The fraction of sp³-hybridized carbons (Fsp3) is 0. The molecule has 1 aromatic heterocycles. The van der Waals surface area contributed by atoms with Gasteiger partial charge in [-0.15, -0.1) is 5.10 Å². The van der Waals surface area contributed by atoms with Gasteiger partial charge in [-0.05, 0) is 40.8 Å². The first-order valence-corrected chi connectivity index (χ1v) is 6.92. The van der Waals surface area contributed by atoms with Crippen molar-refractivity contribution in [1.82, 2.24) is 20.2 Å². The zero-order valence-electron chi connectivity index (χ0n) is 10.2. The van der Waals surface area contributed by atoms with E-state index in [0.29, 0.717) is 22.1 Å². The van der Waals surface area contributed by atoms with Gasteiger partial charge in [0.2, 0.25) is 0 Å². The zero-order valence-corrected chi connectivity index (χ0v) is 12.5. The van der Waals surface area contributed by atoms with Crippen LogP contribution < -0.4 is 5.73 Å². The smallest absolute Gasteiger partial charge is 0.188 e. The SMILES string of the molecule is Nc1cccc(-c2nnnn2-c2cccc(Br)c2)c1Cl. The van der Waals surface area contributed by atoms with Gasteiger partial charge in [0.25, 0.3) is 0 Å². The van der Waals surface area contributed by atoms with E-state index in [-0.39, 0.29) is 0 Å². The topological polar surface area (TPSA) is 69.6 Å². The molecule has 3 rings (SSSR count). The van der Waals surface area contributed by atoms with Crippen LogP contribution in [0.15, 0.2) is 46.9 Å². The minimum absolute atomic E-state index is 0.443. The number of nitrogens with zero attached hydrogens (tertiary/aromatic N) is 4. The molecule has 5 nitrogen and oxygen atoms in total. The first-order chi connectivity index (χ1) is 9.66. The summed E-state index contributed by atoms with van der Waals surface area (Å²) in [6.07, 6.45) is 0. The molecule has 0 aliphatic rings. The Bertz CT molecular complexity index is 771. The lowest BCUT2D eigenvalue weighted by Gasteiger charge is -2.07. The lowest BCUT2D eigenvalue weighted by atomic mass is 10.2. The number of benzene rings is 2. The summed E-state index contributed by atoms with van der Waals surface area (Å²) in [6, 6.07) is 13.0. The summed E-state index contributed by atoms with van der Waals surface area (Å²) in [5.74, 6) is 0.542. The molecule has 1 heterocycles. The average Bonchev–Trinajstić information content (AvgIpc) is 2.91. The van der Waals surface area contributed by atoms with Crippen LogP contribution in [0.3, 0.4) is 0 Å². The quantitative estimate of drug-likeness (QED) is 0.720. The van der Waals surface area contributed by atoms with Gasteiger partial charge in [-0.2, -0.15) is 4.68 Å². The van der Waals surface area contributed by atoms with E-state index in [1.54, 1.807) is 10.7 Å². The van der Waals surface area contributed by atoms with Crippen molar-refractivity contribution in [2.45, 2.75) is 0 Å². The number of aromatic nitrogens is 4.